The summed E-state index contributed by atoms with van der Waals surface area (Å²) in [5.41, 5.74) is -1.20. The van der Waals surface area contributed by atoms with Crippen molar-refractivity contribution in [1.29, 1.82) is 0 Å². The van der Waals surface area contributed by atoms with E-state index in [9.17, 15) is 38.1 Å². The SMILES string of the molecule is CCCOP(=O)([O-])OP(=O)([O-])OC[C@H]1O[C@@H](n2ccc(=O)[nH]c2=O)C(OC(=O)Nc2ccccc2)[C@H]1OC(=O)Nc1ccccc1. The molecule has 1 aliphatic rings. The van der Waals surface area contributed by atoms with Gasteiger partial charge in [0.2, 0.25) is 0 Å². The second-order valence-electron chi connectivity index (χ2n) is 9.41. The van der Waals surface area contributed by atoms with Crippen molar-refractivity contribution < 1.29 is 56.1 Å². The Labute approximate surface area is 260 Å². The van der Waals surface area contributed by atoms with Crippen LogP contribution in [0.15, 0.2) is 82.5 Å². The maximum atomic E-state index is 13.0. The van der Waals surface area contributed by atoms with Gasteiger partial charge in [0, 0.05) is 23.6 Å². The fraction of sp³-hybridized carbons (Fsp3) is 0.308. The van der Waals surface area contributed by atoms with E-state index in [1.807, 2.05) is 4.98 Å². The Hall–Kier alpha value is -4.12. The number of hydrogen-bond donors (Lipinski definition) is 3. The molecule has 0 radical (unpaired) electrons. The lowest BCUT2D eigenvalue weighted by Crippen LogP contribution is -2.44. The zero-order valence-electron chi connectivity index (χ0n) is 23.9. The third-order valence-electron chi connectivity index (χ3n) is 5.99. The van der Waals surface area contributed by atoms with Gasteiger partial charge in [0.15, 0.2) is 18.4 Å². The number of para-hydroxylation sites is 2. The predicted octanol–water partition coefficient (Wildman–Crippen LogP) is 2.07. The number of aromatic amines is 1. The van der Waals surface area contributed by atoms with Gasteiger partial charge in [-0.15, -0.1) is 0 Å². The number of carbonyl (C=O) groups is 2. The molecular weight excluding hydrogens is 654 g/mol. The van der Waals surface area contributed by atoms with Crippen LogP contribution in [0.5, 0.6) is 0 Å². The molecule has 3 N–H and O–H groups in total. The second kappa shape index (κ2) is 15.4. The summed E-state index contributed by atoms with van der Waals surface area (Å²) in [5.74, 6) is 0. The van der Waals surface area contributed by atoms with E-state index in [1.165, 1.54) is 12.1 Å². The molecule has 1 saturated heterocycles. The molecule has 3 unspecified atom stereocenters. The highest BCUT2D eigenvalue weighted by Crippen LogP contribution is 2.55. The lowest BCUT2D eigenvalue weighted by molar-refractivity contribution is -0.245. The van der Waals surface area contributed by atoms with E-state index in [1.54, 1.807) is 55.5 Å². The number of carbonyl (C=O) groups excluding carboxylic acids is 2. The molecule has 0 saturated carbocycles. The van der Waals surface area contributed by atoms with Crippen molar-refractivity contribution in [2.45, 2.75) is 37.9 Å². The number of amides is 2. The summed E-state index contributed by atoms with van der Waals surface area (Å²) < 4.78 is 55.2. The number of phosphoric ester groups is 2. The average molecular weight is 682 g/mol. The number of rotatable bonds is 13. The topological polar surface area (TPSA) is 249 Å². The van der Waals surface area contributed by atoms with Crippen LogP contribution in [0, 0.1) is 0 Å². The van der Waals surface area contributed by atoms with E-state index in [2.05, 4.69) is 19.5 Å². The first-order valence-corrected chi connectivity index (χ1v) is 16.4. The number of benzene rings is 2. The summed E-state index contributed by atoms with van der Waals surface area (Å²) in [6.07, 6.45) is -7.66. The van der Waals surface area contributed by atoms with E-state index < -0.39 is 70.2 Å². The molecule has 6 atom stereocenters. The van der Waals surface area contributed by atoms with E-state index in [-0.39, 0.29) is 13.0 Å². The normalized spacial score (nSPS) is 21.8. The molecule has 4 rings (SSSR count). The van der Waals surface area contributed by atoms with Gasteiger partial charge >= 0.3 is 17.9 Å². The molecule has 1 fully saturated rings. The van der Waals surface area contributed by atoms with Gasteiger partial charge in [-0.1, -0.05) is 43.3 Å². The molecule has 46 heavy (non-hydrogen) atoms. The van der Waals surface area contributed by atoms with Crippen LogP contribution in [-0.4, -0.2) is 53.3 Å². The number of hydrogen-bond acceptors (Lipinski definition) is 14. The maximum absolute atomic E-state index is 13.0. The van der Waals surface area contributed by atoms with Crippen molar-refractivity contribution in [3.63, 3.8) is 0 Å². The van der Waals surface area contributed by atoms with Crippen molar-refractivity contribution in [2.75, 3.05) is 23.8 Å². The second-order valence-corrected chi connectivity index (χ2v) is 12.4. The van der Waals surface area contributed by atoms with Crippen LogP contribution in [0.25, 0.3) is 0 Å². The Balaban J connectivity index is 1.64. The summed E-state index contributed by atoms with van der Waals surface area (Å²) in [4.78, 5) is 76.6. The van der Waals surface area contributed by atoms with Crippen LogP contribution < -0.4 is 31.7 Å². The number of nitrogens with zero attached hydrogens (tertiary/aromatic N) is 1. The van der Waals surface area contributed by atoms with Gasteiger partial charge in [-0.2, -0.15) is 0 Å². The van der Waals surface area contributed by atoms with E-state index in [4.69, 9.17) is 18.7 Å². The van der Waals surface area contributed by atoms with Gasteiger partial charge in [0.05, 0.1) is 13.2 Å². The summed E-state index contributed by atoms with van der Waals surface area (Å²) in [5, 5.41) is 4.88. The average Bonchev–Trinajstić information content (AvgIpc) is 3.31. The lowest BCUT2D eigenvalue weighted by Gasteiger charge is -2.31. The lowest BCUT2D eigenvalue weighted by atomic mass is 10.1. The van der Waals surface area contributed by atoms with E-state index in [0.29, 0.717) is 11.4 Å². The number of H-pyrrole nitrogens is 1. The van der Waals surface area contributed by atoms with Gasteiger partial charge in [-0.25, -0.2) is 18.7 Å². The van der Waals surface area contributed by atoms with Gasteiger partial charge in [-0.3, -0.25) is 34.1 Å². The fourth-order valence-electron chi connectivity index (χ4n) is 4.08. The van der Waals surface area contributed by atoms with Crippen molar-refractivity contribution in [3.05, 3.63) is 93.8 Å². The molecule has 248 valence electrons. The maximum Gasteiger partial charge on any atom is 0.412 e. The Bertz CT molecular complexity index is 1700. The highest BCUT2D eigenvalue weighted by molar-refractivity contribution is 7.59. The molecule has 2 aromatic carbocycles. The van der Waals surface area contributed by atoms with Crippen LogP contribution in [0.3, 0.4) is 0 Å². The summed E-state index contributed by atoms with van der Waals surface area (Å²) in [6.45, 7) is 0.146. The fourth-order valence-corrected chi connectivity index (χ4v) is 6.18. The Morgan fingerprint density at radius 1 is 0.870 bits per heavy atom. The molecule has 2 amide bonds. The molecular formula is C26H28N4O14P2-2. The minimum absolute atomic E-state index is 0.227. The van der Waals surface area contributed by atoms with Gasteiger partial charge in [0.25, 0.3) is 21.2 Å². The van der Waals surface area contributed by atoms with Crippen LogP contribution in [0.1, 0.15) is 19.6 Å². The van der Waals surface area contributed by atoms with Crippen molar-refractivity contribution in [1.82, 2.24) is 9.55 Å². The molecule has 20 heteroatoms. The molecule has 0 aliphatic carbocycles. The summed E-state index contributed by atoms with van der Waals surface area (Å²) >= 11 is 0. The van der Waals surface area contributed by atoms with Gasteiger partial charge < -0.3 is 33.0 Å². The monoisotopic (exact) mass is 682 g/mol. The number of anilines is 2. The molecule has 1 aliphatic heterocycles. The Morgan fingerprint density at radius 3 is 1.96 bits per heavy atom. The zero-order chi connectivity index (χ0) is 33.3. The highest BCUT2D eigenvalue weighted by atomic mass is 31.3. The third kappa shape index (κ3) is 9.94. The minimum atomic E-state index is -5.65. The van der Waals surface area contributed by atoms with E-state index in [0.717, 1.165) is 16.8 Å². The van der Waals surface area contributed by atoms with Crippen LogP contribution in [0.4, 0.5) is 21.0 Å². The van der Waals surface area contributed by atoms with Crippen LogP contribution >= 0.6 is 15.6 Å². The zero-order valence-corrected chi connectivity index (χ0v) is 25.7. The smallest absolute Gasteiger partial charge is 0.412 e. The molecule has 18 nitrogen and oxygen atoms in total. The number of nitrogens with one attached hydrogen (secondary N) is 3. The van der Waals surface area contributed by atoms with Crippen molar-refractivity contribution >= 4 is 39.2 Å². The molecule has 2 heterocycles. The molecule has 1 aromatic heterocycles. The third-order valence-corrected chi connectivity index (χ3v) is 8.55. The molecule has 3 aromatic rings. The van der Waals surface area contributed by atoms with Crippen LogP contribution in [0.2, 0.25) is 0 Å². The van der Waals surface area contributed by atoms with Crippen molar-refractivity contribution in [2.24, 2.45) is 0 Å². The van der Waals surface area contributed by atoms with Gasteiger partial charge in [0.1, 0.15) is 6.10 Å². The van der Waals surface area contributed by atoms with Crippen molar-refractivity contribution in [3.8, 4) is 0 Å². The predicted molar refractivity (Wildman–Crippen MR) is 154 cm³/mol. The number of ether oxygens (including phenoxy) is 3. The first-order valence-electron chi connectivity index (χ1n) is 13.5. The summed E-state index contributed by atoms with van der Waals surface area (Å²) in [6, 6.07) is 17.0. The van der Waals surface area contributed by atoms with E-state index >= 15 is 0 Å². The summed E-state index contributed by atoms with van der Waals surface area (Å²) in [7, 11) is -11.0. The number of aromatic nitrogens is 2. The Kier molecular flexibility index (Phi) is 11.7. The van der Waals surface area contributed by atoms with Crippen LogP contribution in [-0.2, 0) is 36.7 Å². The largest absolute Gasteiger partial charge is 0.756 e. The first-order chi connectivity index (χ1) is 21.9. The Morgan fingerprint density at radius 2 is 1.41 bits per heavy atom. The quantitative estimate of drug-likeness (QED) is 0.218. The molecule has 0 spiro atoms. The number of phosphoric acid groups is 2. The standard InChI is InChI=1S/C26H30N4O14P2/c1-2-15-39-45(35,36)44-46(37,38)40-16-19-21(42-25(33)27-17-9-5-3-6-10-17)22(43-26(34)28-18-11-7-4-8-12-18)23(41-19)30-14-13-20(31)29-24(30)32/h3-14,19,21-23H,2,15-16H2,1H3,(H,27,33)(H,28,34)(H,35,36)(H,37,38)(H,29,31,32)/p-2/t19-,21+,22?,23-/m1/s1. The van der Waals surface area contributed by atoms with Gasteiger partial charge in [-0.05, 0) is 30.7 Å². The highest BCUT2D eigenvalue weighted by Gasteiger charge is 2.51. The molecule has 0 bridgehead atoms. The first kappa shape index (κ1) is 34.7. The minimum Gasteiger partial charge on any atom is -0.756 e.